The lowest BCUT2D eigenvalue weighted by Gasteiger charge is -2.33. The minimum atomic E-state index is -0.100. The number of anilines is 1. The lowest BCUT2D eigenvalue weighted by atomic mass is 10.0. The number of ether oxygens (including phenoxy) is 1. The third-order valence-corrected chi connectivity index (χ3v) is 3.57. The predicted molar refractivity (Wildman–Crippen MR) is 106 cm³/mol. The Balaban J connectivity index is 0.000000615. The summed E-state index contributed by atoms with van der Waals surface area (Å²) in [5.74, 6) is 0.639. The van der Waals surface area contributed by atoms with Crippen molar-refractivity contribution in [3.05, 3.63) is 61.2 Å². The van der Waals surface area contributed by atoms with E-state index in [-0.39, 0.29) is 18.4 Å². The summed E-state index contributed by atoms with van der Waals surface area (Å²) in [7, 11) is 0. The Kier molecular flexibility index (Phi) is 8.64. The molecule has 26 heavy (non-hydrogen) atoms. The predicted octanol–water partition coefficient (Wildman–Crippen LogP) is 3.78. The fourth-order valence-electron chi connectivity index (χ4n) is 2.57. The van der Waals surface area contributed by atoms with E-state index in [9.17, 15) is 4.79 Å². The lowest BCUT2D eigenvalue weighted by Crippen LogP contribution is -2.41. The van der Waals surface area contributed by atoms with Crippen molar-refractivity contribution in [3.8, 4) is 16.9 Å². The van der Waals surface area contributed by atoms with Crippen molar-refractivity contribution in [1.29, 1.82) is 0 Å². The number of nitrogens with zero attached hydrogens (tertiary/aromatic N) is 1. The van der Waals surface area contributed by atoms with Gasteiger partial charge in [-0.2, -0.15) is 0 Å². The molecule has 0 bridgehead atoms. The van der Waals surface area contributed by atoms with Gasteiger partial charge in [0.05, 0.1) is 12.2 Å². The lowest BCUT2D eigenvalue weighted by molar-refractivity contribution is -0.114. The molecule has 2 amide bonds. The van der Waals surface area contributed by atoms with Crippen LogP contribution in [0.2, 0.25) is 0 Å². The molecular weight excluding hydrogens is 328 g/mol. The summed E-state index contributed by atoms with van der Waals surface area (Å²) in [5.41, 5.74) is 7.15. The number of primary amides is 1. The molecular formula is C21H26N2O3. The molecule has 0 fully saturated rings. The van der Waals surface area contributed by atoms with E-state index < -0.39 is 0 Å². The van der Waals surface area contributed by atoms with Gasteiger partial charge in [0, 0.05) is 0 Å². The minimum Gasteiger partial charge on any atom is -0.487 e. The highest BCUT2D eigenvalue weighted by Crippen LogP contribution is 2.37. The van der Waals surface area contributed by atoms with Gasteiger partial charge in [-0.1, -0.05) is 56.8 Å². The number of hydrogen-bond acceptors (Lipinski definition) is 3. The van der Waals surface area contributed by atoms with Crippen LogP contribution in [-0.4, -0.2) is 25.0 Å². The van der Waals surface area contributed by atoms with E-state index in [1.54, 1.807) is 4.90 Å². The highest BCUT2D eigenvalue weighted by atomic mass is 16.5. The van der Waals surface area contributed by atoms with Crippen LogP contribution in [0.25, 0.3) is 11.1 Å². The van der Waals surface area contributed by atoms with Crippen LogP contribution < -0.4 is 15.4 Å². The number of hydrogen-bond donors (Lipinski definition) is 1. The van der Waals surface area contributed by atoms with E-state index in [0.29, 0.717) is 6.54 Å². The van der Waals surface area contributed by atoms with Crippen LogP contribution in [0.5, 0.6) is 5.75 Å². The second-order valence-corrected chi connectivity index (χ2v) is 5.27. The average Bonchev–Trinajstić information content (AvgIpc) is 2.69. The molecule has 1 aliphatic heterocycles. The molecule has 1 unspecified atom stereocenters. The first kappa shape index (κ1) is 21.0. The molecule has 0 saturated heterocycles. The van der Waals surface area contributed by atoms with Crippen molar-refractivity contribution < 1.29 is 14.3 Å². The average molecular weight is 354 g/mol. The fourth-order valence-corrected chi connectivity index (χ4v) is 2.57. The number of nitrogens with two attached hydrogens (primary N) is 1. The molecule has 0 saturated carbocycles. The standard InChI is InChI=1S/C18H17NO2.C2H6.CH3NO/c1-3-18(20)19-12-13(2)21-17-10-9-15(11-16(17)19)14-7-5-4-6-8-14;1-2;2-1-3/h3-11,13H,1,12H2,2H3;1-2H3;1H,(H2,2,3). The van der Waals surface area contributed by atoms with Crippen molar-refractivity contribution in [2.75, 3.05) is 11.4 Å². The van der Waals surface area contributed by atoms with Gasteiger partial charge in [0.1, 0.15) is 11.9 Å². The molecule has 2 aromatic rings. The van der Waals surface area contributed by atoms with Crippen LogP contribution in [0.1, 0.15) is 20.8 Å². The van der Waals surface area contributed by atoms with Gasteiger partial charge >= 0.3 is 0 Å². The molecule has 138 valence electrons. The zero-order valence-electron chi connectivity index (χ0n) is 15.5. The van der Waals surface area contributed by atoms with Gasteiger partial charge in [0.2, 0.25) is 6.41 Å². The van der Waals surface area contributed by atoms with Crippen LogP contribution >= 0.6 is 0 Å². The van der Waals surface area contributed by atoms with Gasteiger partial charge < -0.3 is 15.4 Å². The van der Waals surface area contributed by atoms with E-state index in [0.717, 1.165) is 22.6 Å². The van der Waals surface area contributed by atoms with Crippen LogP contribution in [-0.2, 0) is 9.59 Å². The SMILES string of the molecule is C=CC(=O)N1CC(C)Oc2ccc(-c3ccccc3)cc21.CC.NC=O. The second-order valence-electron chi connectivity index (χ2n) is 5.27. The van der Waals surface area contributed by atoms with Gasteiger partial charge in [-0.15, -0.1) is 0 Å². The zero-order valence-corrected chi connectivity index (χ0v) is 15.5. The van der Waals surface area contributed by atoms with Crippen molar-refractivity contribution in [2.24, 2.45) is 5.73 Å². The Bertz CT molecular complexity index is 729. The van der Waals surface area contributed by atoms with E-state index in [4.69, 9.17) is 9.53 Å². The summed E-state index contributed by atoms with van der Waals surface area (Å²) in [5, 5.41) is 0. The van der Waals surface area contributed by atoms with Gasteiger partial charge in [-0.25, -0.2) is 0 Å². The maximum Gasteiger partial charge on any atom is 0.250 e. The smallest absolute Gasteiger partial charge is 0.250 e. The number of amides is 2. The molecule has 1 heterocycles. The molecule has 0 spiro atoms. The van der Waals surface area contributed by atoms with Gasteiger partial charge in [-0.3, -0.25) is 9.59 Å². The van der Waals surface area contributed by atoms with Crippen molar-refractivity contribution in [1.82, 2.24) is 0 Å². The molecule has 5 nitrogen and oxygen atoms in total. The minimum absolute atomic E-state index is 0.0241. The van der Waals surface area contributed by atoms with Crippen LogP contribution in [0.15, 0.2) is 61.2 Å². The zero-order chi connectivity index (χ0) is 19.5. The molecule has 1 atom stereocenters. The molecule has 2 N–H and O–H groups in total. The number of carbonyl (C=O) groups excluding carboxylic acids is 2. The number of rotatable bonds is 2. The Morgan fingerprint density at radius 3 is 2.38 bits per heavy atom. The fraction of sp³-hybridized carbons (Fsp3) is 0.238. The van der Waals surface area contributed by atoms with Gasteiger partial charge in [0.25, 0.3) is 5.91 Å². The molecule has 3 rings (SSSR count). The maximum absolute atomic E-state index is 12.1. The van der Waals surface area contributed by atoms with Crippen LogP contribution in [0, 0.1) is 0 Å². The number of benzene rings is 2. The quantitative estimate of drug-likeness (QED) is 0.659. The van der Waals surface area contributed by atoms with E-state index >= 15 is 0 Å². The Hall–Kier alpha value is -3.08. The topological polar surface area (TPSA) is 72.6 Å². The summed E-state index contributed by atoms with van der Waals surface area (Å²) in [6.45, 7) is 10.1. The normalized spacial score (nSPS) is 14.3. The monoisotopic (exact) mass is 354 g/mol. The molecule has 0 radical (unpaired) electrons. The van der Waals surface area contributed by atoms with Crippen LogP contribution in [0.4, 0.5) is 5.69 Å². The summed E-state index contributed by atoms with van der Waals surface area (Å²) in [4.78, 5) is 22.4. The molecule has 0 aromatic heterocycles. The van der Waals surface area contributed by atoms with Crippen molar-refractivity contribution >= 4 is 18.0 Å². The molecule has 1 aliphatic rings. The summed E-state index contributed by atoms with van der Waals surface area (Å²) < 4.78 is 5.82. The van der Waals surface area contributed by atoms with Crippen molar-refractivity contribution in [3.63, 3.8) is 0 Å². The van der Waals surface area contributed by atoms with Crippen LogP contribution in [0.3, 0.4) is 0 Å². The maximum atomic E-state index is 12.1. The highest BCUT2D eigenvalue weighted by molar-refractivity contribution is 6.03. The largest absolute Gasteiger partial charge is 0.487 e. The number of carbonyl (C=O) groups is 2. The van der Waals surface area contributed by atoms with Gasteiger partial charge in [-0.05, 0) is 36.3 Å². The third-order valence-electron chi connectivity index (χ3n) is 3.57. The highest BCUT2D eigenvalue weighted by Gasteiger charge is 2.26. The summed E-state index contributed by atoms with van der Waals surface area (Å²) in [6, 6.07) is 16.0. The summed E-state index contributed by atoms with van der Waals surface area (Å²) in [6.07, 6.45) is 1.57. The molecule has 0 aliphatic carbocycles. The third kappa shape index (κ3) is 5.21. The first-order valence-electron chi connectivity index (χ1n) is 8.56. The van der Waals surface area contributed by atoms with E-state index in [2.05, 4.69) is 12.3 Å². The van der Waals surface area contributed by atoms with Gasteiger partial charge in [0.15, 0.2) is 0 Å². The van der Waals surface area contributed by atoms with Crippen molar-refractivity contribution in [2.45, 2.75) is 26.9 Å². The summed E-state index contributed by atoms with van der Waals surface area (Å²) >= 11 is 0. The van der Waals surface area contributed by atoms with E-state index in [1.807, 2.05) is 69.3 Å². The Morgan fingerprint density at radius 2 is 1.81 bits per heavy atom. The Morgan fingerprint density at radius 1 is 1.19 bits per heavy atom. The first-order valence-corrected chi connectivity index (χ1v) is 8.56. The first-order chi connectivity index (χ1) is 12.6. The number of fused-ring (bicyclic) bond motifs is 1. The van der Waals surface area contributed by atoms with E-state index in [1.165, 1.54) is 6.08 Å². The molecule has 5 heteroatoms. The molecule has 2 aromatic carbocycles. The Labute approximate surface area is 155 Å². The second kappa shape index (κ2) is 10.7.